The summed E-state index contributed by atoms with van der Waals surface area (Å²) < 4.78 is 1.88. The Morgan fingerprint density at radius 2 is 1.96 bits per heavy atom. The smallest absolute Gasteiger partial charge is 0.255 e. The number of amides is 1. The van der Waals surface area contributed by atoms with Crippen LogP contribution in [0.4, 0.5) is 0 Å². The second-order valence-electron chi connectivity index (χ2n) is 7.00. The van der Waals surface area contributed by atoms with Gasteiger partial charge in [0.1, 0.15) is 0 Å². The quantitative estimate of drug-likeness (QED) is 0.812. The molecule has 142 valence electrons. The lowest BCUT2D eigenvalue weighted by atomic mass is 9.84. The Morgan fingerprint density at radius 3 is 2.62 bits per heavy atom. The number of carbonyl (C=O) groups excluding carboxylic acids is 1. The van der Waals surface area contributed by atoms with Gasteiger partial charge in [-0.25, -0.2) is 0 Å². The highest BCUT2D eigenvalue weighted by Gasteiger charge is 2.25. The van der Waals surface area contributed by atoms with Gasteiger partial charge in [0.25, 0.3) is 5.91 Å². The van der Waals surface area contributed by atoms with Crippen LogP contribution in [0.2, 0.25) is 0 Å². The number of nitrogens with one attached hydrogen (secondary N) is 1. The van der Waals surface area contributed by atoms with Gasteiger partial charge in [-0.1, -0.05) is 49.6 Å². The molecular weight excluding hydrogens is 348 g/mol. The second-order valence-corrected chi connectivity index (χ2v) is 7.00. The molecule has 0 saturated heterocycles. The molecular formula is C20H29ClN4O. The van der Waals surface area contributed by atoms with Crippen molar-refractivity contribution in [1.29, 1.82) is 0 Å². The molecule has 1 fully saturated rings. The van der Waals surface area contributed by atoms with Crippen LogP contribution < -0.4 is 11.1 Å². The van der Waals surface area contributed by atoms with Crippen LogP contribution in [0.25, 0.3) is 0 Å². The predicted molar refractivity (Wildman–Crippen MR) is 107 cm³/mol. The highest BCUT2D eigenvalue weighted by Crippen LogP contribution is 2.26. The van der Waals surface area contributed by atoms with Gasteiger partial charge in [-0.3, -0.25) is 9.48 Å². The van der Waals surface area contributed by atoms with Crippen LogP contribution in [0.15, 0.2) is 36.5 Å². The van der Waals surface area contributed by atoms with Crippen LogP contribution in [-0.4, -0.2) is 28.3 Å². The number of hydrogen-bond donors (Lipinski definition) is 2. The van der Waals surface area contributed by atoms with Gasteiger partial charge < -0.3 is 11.1 Å². The number of halogens is 1. The Bertz CT molecular complexity index is 695. The van der Waals surface area contributed by atoms with Crippen LogP contribution in [-0.2, 0) is 6.54 Å². The van der Waals surface area contributed by atoms with Crippen molar-refractivity contribution >= 4 is 18.3 Å². The molecule has 0 spiro atoms. The van der Waals surface area contributed by atoms with E-state index in [0.717, 1.165) is 18.5 Å². The topological polar surface area (TPSA) is 72.9 Å². The third-order valence-electron chi connectivity index (χ3n) is 5.31. The summed E-state index contributed by atoms with van der Waals surface area (Å²) in [6, 6.07) is 10.2. The SMILES string of the molecule is Cc1c(C(=O)NC(CN)C2CCCCC2)cnn1Cc1ccccc1.Cl. The molecule has 1 aromatic heterocycles. The van der Waals surface area contributed by atoms with E-state index >= 15 is 0 Å². The summed E-state index contributed by atoms with van der Waals surface area (Å²) >= 11 is 0. The zero-order valence-electron chi connectivity index (χ0n) is 15.4. The van der Waals surface area contributed by atoms with Gasteiger partial charge >= 0.3 is 0 Å². The van der Waals surface area contributed by atoms with E-state index in [0.29, 0.717) is 24.6 Å². The first-order valence-electron chi connectivity index (χ1n) is 9.26. The lowest BCUT2D eigenvalue weighted by Gasteiger charge is -2.30. The number of hydrogen-bond acceptors (Lipinski definition) is 3. The van der Waals surface area contributed by atoms with Crippen molar-refractivity contribution in [2.24, 2.45) is 11.7 Å². The van der Waals surface area contributed by atoms with E-state index in [1.54, 1.807) is 6.20 Å². The Kier molecular flexibility index (Phi) is 7.66. The lowest BCUT2D eigenvalue weighted by Crippen LogP contribution is -2.46. The van der Waals surface area contributed by atoms with E-state index in [9.17, 15) is 4.79 Å². The molecule has 1 amide bonds. The van der Waals surface area contributed by atoms with E-state index in [1.165, 1.54) is 24.8 Å². The normalized spacial score (nSPS) is 15.9. The first-order chi connectivity index (χ1) is 12.2. The molecule has 6 heteroatoms. The molecule has 26 heavy (non-hydrogen) atoms. The van der Waals surface area contributed by atoms with Crippen LogP contribution in [0, 0.1) is 12.8 Å². The third kappa shape index (κ3) is 4.86. The van der Waals surface area contributed by atoms with E-state index < -0.39 is 0 Å². The number of nitrogens with zero attached hydrogens (tertiary/aromatic N) is 2. The first-order valence-corrected chi connectivity index (χ1v) is 9.26. The van der Waals surface area contributed by atoms with Gasteiger partial charge in [-0.15, -0.1) is 12.4 Å². The highest BCUT2D eigenvalue weighted by atomic mass is 35.5. The number of benzene rings is 1. The van der Waals surface area contributed by atoms with Crippen molar-refractivity contribution in [2.45, 2.75) is 51.6 Å². The molecule has 3 N–H and O–H groups in total. The summed E-state index contributed by atoms with van der Waals surface area (Å²) in [4.78, 5) is 12.7. The minimum Gasteiger partial charge on any atom is -0.348 e. The maximum atomic E-state index is 12.7. The van der Waals surface area contributed by atoms with Crippen molar-refractivity contribution in [2.75, 3.05) is 6.54 Å². The molecule has 1 unspecified atom stereocenters. The number of rotatable bonds is 6. The fourth-order valence-electron chi connectivity index (χ4n) is 3.74. The average molecular weight is 377 g/mol. The van der Waals surface area contributed by atoms with Crippen molar-refractivity contribution in [3.8, 4) is 0 Å². The maximum Gasteiger partial charge on any atom is 0.255 e. The van der Waals surface area contributed by atoms with Gasteiger partial charge in [-0.05, 0) is 31.2 Å². The summed E-state index contributed by atoms with van der Waals surface area (Å²) in [6.45, 7) is 3.11. The van der Waals surface area contributed by atoms with Gasteiger partial charge in [0, 0.05) is 18.3 Å². The minimum absolute atomic E-state index is 0. The second kappa shape index (κ2) is 9.74. The number of carbonyl (C=O) groups is 1. The Labute approximate surface area is 161 Å². The van der Waals surface area contributed by atoms with Gasteiger partial charge in [-0.2, -0.15) is 5.10 Å². The van der Waals surface area contributed by atoms with Gasteiger partial charge in [0.05, 0.1) is 18.3 Å². The molecule has 0 aliphatic heterocycles. The summed E-state index contributed by atoms with van der Waals surface area (Å²) in [7, 11) is 0. The first kappa shape index (κ1) is 20.5. The van der Waals surface area contributed by atoms with Crippen LogP contribution in [0.5, 0.6) is 0 Å². The van der Waals surface area contributed by atoms with E-state index in [4.69, 9.17) is 5.73 Å². The van der Waals surface area contributed by atoms with Gasteiger partial charge in [0.15, 0.2) is 0 Å². The fourth-order valence-corrected chi connectivity index (χ4v) is 3.74. The Morgan fingerprint density at radius 1 is 1.27 bits per heavy atom. The monoisotopic (exact) mass is 376 g/mol. The zero-order chi connectivity index (χ0) is 17.6. The summed E-state index contributed by atoms with van der Waals surface area (Å²) in [5.74, 6) is 0.445. The third-order valence-corrected chi connectivity index (χ3v) is 5.31. The van der Waals surface area contributed by atoms with Crippen LogP contribution in [0.3, 0.4) is 0 Å². The van der Waals surface area contributed by atoms with Gasteiger partial charge in [0.2, 0.25) is 0 Å². The molecule has 0 bridgehead atoms. The molecule has 2 aromatic rings. The Hall–Kier alpha value is -1.85. The summed E-state index contributed by atoms with van der Waals surface area (Å²) in [5, 5.41) is 7.56. The molecule has 3 rings (SSSR count). The summed E-state index contributed by atoms with van der Waals surface area (Å²) in [5.41, 5.74) is 8.64. The van der Waals surface area contributed by atoms with E-state index in [2.05, 4.69) is 22.5 Å². The van der Waals surface area contributed by atoms with E-state index in [1.807, 2.05) is 29.8 Å². The maximum absolute atomic E-state index is 12.7. The fraction of sp³-hybridized carbons (Fsp3) is 0.500. The van der Waals surface area contributed by atoms with Crippen LogP contribution in [0.1, 0.15) is 53.7 Å². The predicted octanol–water partition coefficient (Wildman–Crippen LogP) is 3.30. The lowest BCUT2D eigenvalue weighted by molar-refractivity contribution is 0.0915. The Balaban J connectivity index is 0.00000243. The number of aromatic nitrogens is 2. The standard InChI is InChI=1S/C20H28N4O.ClH/c1-15-18(13-22-24(15)14-16-8-4-2-5-9-16)20(25)23-19(12-21)17-10-6-3-7-11-17;/h2,4-5,8-9,13,17,19H,3,6-7,10-12,14,21H2,1H3,(H,23,25);1H. The minimum atomic E-state index is -0.0576. The van der Waals surface area contributed by atoms with Crippen molar-refractivity contribution in [3.05, 3.63) is 53.3 Å². The van der Waals surface area contributed by atoms with Crippen molar-refractivity contribution in [3.63, 3.8) is 0 Å². The molecule has 1 aromatic carbocycles. The number of nitrogens with two attached hydrogens (primary N) is 1. The molecule has 1 saturated carbocycles. The molecule has 1 heterocycles. The average Bonchev–Trinajstić information content (AvgIpc) is 3.02. The largest absolute Gasteiger partial charge is 0.348 e. The van der Waals surface area contributed by atoms with Crippen molar-refractivity contribution in [1.82, 2.24) is 15.1 Å². The molecule has 1 atom stereocenters. The summed E-state index contributed by atoms with van der Waals surface area (Å²) in [6.07, 6.45) is 7.77. The van der Waals surface area contributed by atoms with E-state index in [-0.39, 0.29) is 24.4 Å². The highest BCUT2D eigenvalue weighted by molar-refractivity contribution is 5.95. The van der Waals surface area contributed by atoms with Crippen LogP contribution >= 0.6 is 12.4 Å². The zero-order valence-corrected chi connectivity index (χ0v) is 16.2. The molecule has 0 radical (unpaired) electrons. The molecule has 5 nitrogen and oxygen atoms in total. The molecule has 1 aliphatic rings. The molecule has 1 aliphatic carbocycles. The van der Waals surface area contributed by atoms with Crippen molar-refractivity contribution < 1.29 is 4.79 Å².